The molecule has 1 N–H and O–H groups in total. The lowest BCUT2D eigenvalue weighted by atomic mass is 10.1. The van der Waals surface area contributed by atoms with E-state index in [-0.39, 0.29) is 12.1 Å². The van der Waals surface area contributed by atoms with Crippen molar-refractivity contribution in [3.8, 4) is 5.75 Å². The Morgan fingerprint density at radius 1 is 1.22 bits per heavy atom. The third-order valence-electron chi connectivity index (χ3n) is 4.41. The molecule has 2 aromatic heterocycles. The Morgan fingerprint density at radius 3 is 2.70 bits per heavy atom. The average Bonchev–Trinajstić information content (AvgIpc) is 3.05. The first kappa shape index (κ1) is 18.4. The van der Waals surface area contributed by atoms with Gasteiger partial charge in [-0.25, -0.2) is 14.3 Å². The zero-order valence-corrected chi connectivity index (χ0v) is 15.4. The molecule has 0 aliphatic heterocycles. The van der Waals surface area contributed by atoms with Crippen LogP contribution in [0.2, 0.25) is 0 Å². The van der Waals surface area contributed by atoms with Crippen LogP contribution < -0.4 is 21.3 Å². The SMILES string of the molecule is COc1ccccc1CCNC(=O)Cn1c(=O)c2c(ncn2C)n(C)c1=O. The Kier molecular flexibility index (Phi) is 5.11. The summed E-state index contributed by atoms with van der Waals surface area (Å²) in [4.78, 5) is 41.3. The van der Waals surface area contributed by atoms with Gasteiger partial charge in [0.15, 0.2) is 11.2 Å². The van der Waals surface area contributed by atoms with Gasteiger partial charge in [0.05, 0.1) is 13.4 Å². The quantitative estimate of drug-likeness (QED) is 0.647. The van der Waals surface area contributed by atoms with Gasteiger partial charge in [0.25, 0.3) is 5.56 Å². The molecule has 9 nitrogen and oxygen atoms in total. The summed E-state index contributed by atoms with van der Waals surface area (Å²) in [7, 11) is 4.78. The van der Waals surface area contributed by atoms with Crippen molar-refractivity contribution in [2.24, 2.45) is 14.1 Å². The third kappa shape index (κ3) is 3.48. The van der Waals surface area contributed by atoms with Gasteiger partial charge < -0.3 is 14.6 Å². The van der Waals surface area contributed by atoms with Crippen molar-refractivity contribution in [2.45, 2.75) is 13.0 Å². The van der Waals surface area contributed by atoms with Crippen molar-refractivity contribution < 1.29 is 9.53 Å². The second-order valence-corrected chi connectivity index (χ2v) is 6.17. The van der Waals surface area contributed by atoms with Crippen molar-refractivity contribution >= 4 is 17.1 Å². The summed E-state index contributed by atoms with van der Waals surface area (Å²) in [5.41, 5.74) is 0.419. The zero-order chi connectivity index (χ0) is 19.6. The van der Waals surface area contributed by atoms with E-state index in [0.717, 1.165) is 15.9 Å². The average molecular weight is 371 g/mol. The number of amides is 1. The monoisotopic (exact) mass is 371 g/mol. The van der Waals surface area contributed by atoms with Gasteiger partial charge in [-0.05, 0) is 18.1 Å². The van der Waals surface area contributed by atoms with Crippen LogP contribution in [0.4, 0.5) is 0 Å². The number of hydrogen-bond donors (Lipinski definition) is 1. The largest absolute Gasteiger partial charge is 0.496 e. The van der Waals surface area contributed by atoms with Crippen molar-refractivity contribution in [3.05, 3.63) is 57.0 Å². The Hall–Kier alpha value is -3.36. The van der Waals surface area contributed by atoms with Crippen molar-refractivity contribution in [3.63, 3.8) is 0 Å². The molecule has 1 amide bonds. The number of hydrogen-bond acceptors (Lipinski definition) is 5. The number of rotatable bonds is 6. The van der Waals surface area contributed by atoms with Crippen molar-refractivity contribution in [2.75, 3.05) is 13.7 Å². The summed E-state index contributed by atoms with van der Waals surface area (Å²) in [5, 5.41) is 2.74. The van der Waals surface area contributed by atoms with Gasteiger partial charge in [0, 0.05) is 20.6 Å². The standard InChI is InChI=1S/C18H21N5O4/c1-21-11-20-16-15(21)17(25)23(18(26)22(16)2)10-14(24)19-9-8-12-6-4-5-7-13(12)27-3/h4-7,11H,8-10H2,1-3H3,(H,19,24). The summed E-state index contributed by atoms with van der Waals surface area (Å²) in [5.74, 6) is 0.337. The smallest absolute Gasteiger partial charge is 0.332 e. The van der Waals surface area contributed by atoms with Gasteiger partial charge >= 0.3 is 5.69 Å². The highest BCUT2D eigenvalue weighted by molar-refractivity contribution is 5.76. The van der Waals surface area contributed by atoms with Crippen LogP contribution in [0.3, 0.4) is 0 Å². The Balaban J connectivity index is 1.74. The van der Waals surface area contributed by atoms with Gasteiger partial charge in [-0.15, -0.1) is 0 Å². The fourth-order valence-corrected chi connectivity index (χ4v) is 2.98. The zero-order valence-electron chi connectivity index (χ0n) is 15.4. The molecule has 2 heterocycles. The number of aromatic nitrogens is 4. The maximum atomic E-state index is 12.6. The maximum absolute atomic E-state index is 12.6. The molecule has 0 aliphatic rings. The Labute approximate surface area is 154 Å². The lowest BCUT2D eigenvalue weighted by molar-refractivity contribution is -0.121. The highest BCUT2D eigenvalue weighted by atomic mass is 16.5. The van der Waals surface area contributed by atoms with Crippen LogP contribution in [0.25, 0.3) is 11.2 Å². The first-order valence-electron chi connectivity index (χ1n) is 8.43. The lowest BCUT2D eigenvalue weighted by Crippen LogP contribution is -2.43. The topological polar surface area (TPSA) is 100 Å². The number of ether oxygens (including phenoxy) is 1. The minimum absolute atomic E-state index is 0.277. The number of carbonyl (C=O) groups excluding carboxylic acids is 1. The maximum Gasteiger partial charge on any atom is 0.332 e. The second kappa shape index (κ2) is 7.48. The molecule has 0 unspecified atom stereocenters. The molecule has 0 radical (unpaired) electrons. The summed E-state index contributed by atoms with van der Waals surface area (Å²) < 4.78 is 8.99. The number of imidazole rings is 1. The van der Waals surface area contributed by atoms with Crippen LogP contribution in [0.1, 0.15) is 5.56 Å². The predicted molar refractivity (Wildman–Crippen MR) is 99.9 cm³/mol. The molecular formula is C18H21N5O4. The highest BCUT2D eigenvalue weighted by Crippen LogP contribution is 2.17. The van der Waals surface area contributed by atoms with Crippen LogP contribution in [-0.4, -0.2) is 38.2 Å². The first-order valence-corrected chi connectivity index (χ1v) is 8.43. The number of aryl methyl sites for hydroxylation is 2. The van der Waals surface area contributed by atoms with E-state index in [4.69, 9.17) is 4.74 Å². The molecular weight excluding hydrogens is 350 g/mol. The Bertz CT molecular complexity index is 1110. The molecule has 0 aliphatic carbocycles. The van der Waals surface area contributed by atoms with E-state index >= 15 is 0 Å². The van der Waals surface area contributed by atoms with Gasteiger partial charge in [0.2, 0.25) is 5.91 Å². The normalized spacial score (nSPS) is 10.9. The molecule has 1 aromatic carbocycles. The van der Waals surface area contributed by atoms with Crippen molar-refractivity contribution in [1.82, 2.24) is 24.0 Å². The minimum Gasteiger partial charge on any atom is -0.496 e. The van der Waals surface area contributed by atoms with E-state index < -0.39 is 17.2 Å². The van der Waals surface area contributed by atoms with Crippen LogP contribution in [0, 0.1) is 0 Å². The molecule has 0 spiro atoms. The molecule has 27 heavy (non-hydrogen) atoms. The minimum atomic E-state index is -0.578. The molecule has 0 saturated heterocycles. The lowest BCUT2D eigenvalue weighted by Gasteiger charge is -2.10. The second-order valence-electron chi connectivity index (χ2n) is 6.17. The molecule has 0 atom stereocenters. The van der Waals surface area contributed by atoms with E-state index in [0.29, 0.717) is 18.6 Å². The van der Waals surface area contributed by atoms with Crippen molar-refractivity contribution in [1.29, 1.82) is 0 Å². The van der Waals surface area contributed by atoms with Gasteiger partial charge in [-0.2, -0.15) is 0 Å². The first-order chi connectivity index (χ1) is 12.9. The summed E-state index contributed by atoms with van der Waals surface area (Å²) in [6, 6.07) is 7.54. The fourth-order valence-electron chi connectivity index (χ4n) is 2.98. The molecule has 0 fully saturated rings. The summed E-state index contributed by atoms with van der Waals surface area (Å²) in [6.45, 7) is 0.0147. The molecule has 9 heteroatoms. The molecule has 3 rings (SSSR count). The van der Waals surface area contributed by atoms with Crippen LogP contribution in [-0.2, 0) is 31.9 Å². The van der Waals surface area contributed by atoms with E-state index in [1.54, 1.807) is 14.2 Å². The molecule has 0 bridgehead atoms. The summed E-state index contributed by atoms with van der Waals surface area (Å²) >= 11 is 0. The number of fused-ring (bicyclic) bond motifs is 1. The molecule has 0 saturated carbocycles. The van der Waals surface area contributed by atoms with E-state index in [2.05, 4.69) is 10.3 Å². The highest BCUT2D eigenvalue weighted by Gasteiger charge is 2.16. The number of carbonyl (C=O) groups is 1. The van der Waals surface area contributed by atoms with E-state index in [1.807, 2.05) is 24.3 Å². The van der Waals surface area contributed by atoms with Gasteiger partial charge in [0.1, 0.15) is 12.3 Å². The summed E-state index contributed by atoms with van der Waals surface area (Å²) in [6.07, 6.45) is 2.03. The van der Waals surface area contributed by atoms with Crippen LogP contribution >= 0.6 is 0 Å². The van der Waals surface area contributed by atoms with E-state index in [9.17, 15) is 14.4 Å². The van der Waals surface area contributed by atoms with Crippen LogP contribution in [0.5, 0.6) is 5.75 Å². The number of methoxy groups -OCH3 is 1. The third-order valence-corrected chi connectivity index (χ3v) is 4.41. The number of para-hydroxylation sites is 1. The number of benzene rings is 1. The Morgan fingerprint density at radius 2 is 1.96 bits per heavy atom. The fraction of sp³-hybridized carbons (Fsp3) is 0.333. The predicted octanol–water partition coefficient (Wildman–Crippen LogP) is -0.199. The number of nitrogens with zero attached hydrogens (tertiary/aromatic N) is 4. The molecule has 3 aromatic rings. The van der Waals surface area contributed by atoms with Crippen LogP contribution in [0.15, 0.2) is 40.2 Å². The van der Waals surface area contributed by atoms with Gasteiger partial charge in [-0.1, -0.05) is 18.2 Å². The number of nitrogens with one attached hydrogen (secondary N) is 1. The van der Waals surface area contributed by atoms with Gasteiger partial charge in [-0.3, -0.25) is 14.2 Å². The molecule has 142 valence electrons. The van der Waals surface area contributed by atoms with E-state index in [1.165, 1.54) is 22.5 Å².